The van der Waals surface area contributed by atoms with Gasteiger partial charge in [-0.25, -0.2) is 0 Å². The average molecular weight is 335 g/mol. The van der Waals surface area contributed by atoms with Crippen molar-refractivity contribution in [3.05, 3.63) is 101 Å². The Morgan fingerprint density at radius 3 is 2.42 bits per heavy atom. The fourth-order valence-corrected chi connectivity index (χ4v) is 4.34. The van der Waals surface area contributed by atoms with Crippen LogP contribution in [0, 0.1) is 11.8 Å². The highest BCUT2D eigenvalue weighted by Gasteiger charge is 2.57. The number of fused-ring (bicyclic) bond motifs is 5. The molecule has 0 bridgehead atoms. The minimum Gasteiger partial charge on any atom is -0.296 e. The number of anilines is 1. The maximum atomic E-state index is 13.1. The summed E-state index contributed by atoms with van der Waals surface area (Å²) in [7, 11) is 0. The van der Waals surface area contributed by atoms with Gasteiger partial charge in [0.05, 0.1) is 11.5 Å². The van der Waals surface area contributed by atoms with E-state index < -0.39 is 5.54 Å². The van der Waals surface area contributed by atoms with Crippen LogP contribution in [0.25, 0.3) is 0 Å². The molecule has 2 unspecified atom stereocenters. The van der Waals surface area contributed by atoms with Gasteiger partial charge in [0.2, 0.25) is 0 Å². The zero-order valence-electron chi connectivity index (χ0n) is 14.4. The second-order valence-corrected chi connectivity index (χ2v) is 6.96. The minimum atomic E-state index is -0.473. The highest BCUT2D eigenvalue weighted by atomic mass is 16.2. The Balaban J connectivity index is 1.74. The molecular formula is C24H17NO. The van der Waals surface area contributed by atoms with Crippen molar-refractivity contribution < 1.29 is 4.79 Å². The lowest BCUT2D eigenvalue weighted by atomic mass is 9.79. The first kappa shape index (κ1) is 15.0. The van der Waals surface area contributed by atoms with Crippen molar-refractivity contribution in [2.24, 2.45) is 0 Å². The van der Waals surface area contributed by atoms with Crippen LogP contribution in [0.4, 0.5) is 5.69 Å². The van der Waals surface area contributed by atoms with E-state index in [0.717, 1.165) is 27.9 Å². The Labute approximate surface area is 153 Å². The molecule has 3 aromatic rings. The van der Waals surface area contributed by atoms with Crippen molar-refractivity contribution in [1.82, 2.24) is 0 Å². The van der Waals surface area contributed by atoms with Crippen LogP contribution in [-0.4, -0.2) is 5.91 Å². The SMILES string of the molecule is CC12c3ccccc3C(=O)N1c1ccccc1C2C#Cc1ccccc1. The number of hydrogen-bond donors (Lipinski definition) is 0. The molecule has 2 aliphatic heterocycles. The van der Waals surface area contributed by atoms with E-state index >= 15 is 0 Å². The standard InChI is InChI=1S/C24H17NO/c1-24-20-13-7-5-12-19(20)23(26)25(24)22-14-8-6-11-18(22)21(24)16-15-17-9-3-2-4-10-17/h2-14,21H,1H3. The summed E-state index contributed by atoms with van der Waals surface area (Å²) in [4.78, 5) is 15.1. The molecule has 0 fully saturated rings. The smallest absolute Gasteiger partial charge is 0.259 e. The summed E-state index contributed by atoms with van der Waals surface area (Å²) in [5.41, 5.74) is 4.47. The molecule has 0 radical (unpaired) electrons. The third kappa shape index (κ3) is 1.86. The fraction of sp³-hybridized carbons (Fsp3) is 0.125. The lowest BCUT2D eigenvalue weighted by molar-refractivity contribution is 0.0982. The van der Waals surface area contributed by atoms with E-state index in [9.17, 15) is 4.79 Å². The predicted molar refractivity (Wildman–Crippen MR) is 103 cm³/mol. The van der Waals surface area contributed by atoms with Crippen molar-refractivity contribution in [2.75, 3.05) is 4.90 Å². The Morgan fingerprint density at radius 1 is 0.885 bits per heavy atom. The molecule has 0 N–H and O–H groups in total. The molecule has 0 saturated heterocycles. The summed E-state index contributed by atoms with van der Waals surface area (Å²) in [6, 6.07) is 26.1. The topological polar surface area (TPSA) is 20.3 Å². The largest absolute Gasteiger partial charge is 0.296 e. The molecule has 0 aromatic heterocycles. The number of nitrogens with zero attached hydrogens (tertiary/aromatic N) is 1. The monoisotopic (exact) mass is 335 g/mol. The second-order valence-electron chi connectivity index (χ2n) is 6.96. The highest BCUT2D eigenvalue weighted by molar-refractivity contribution is 6.14. The van der Waals surface area contributed by atoms with E-state index in [0.29, 0.717) is 0 Å². The van der Waals surface area contributed by atoms with Crippen molar-refractivity contribution in [1.29, 1.82) is 0 Å². The van der Waals surface area contributed by atoms with Crippen LogP contribution in [0.1, 0.15) is 39.9 Å². The van der Waals surface area contributed by atoms with Gasteiger partial charge >= 0.3 is 0 Å². The van der Waals surface area contributed by atoms with Crippen LogP contribution in [0.5, 0.6) is 0 Å². The van der Waals surface area contributed by atoms with E-state index in [1.807, 2.05) is 71.6 Å². The Bertz CT molecular complexity index is 1090. The molecule has 1 amide bonds. The van der Waals surface area contributed by atoms with Crippen molar-refractivity contribution >= 4 is 11.6 Å². The lowest BCUT2D eigenvalue weighted by Gasteiger charge is -2.32. The van der Waals surface area contributed by atoms with E-state index in [-0.39, 0.29) is 11.8 Å². The van der Waals surface area contributed by atoms with Crippen molar-refractivity contribution in [3.8, 4) is 11.8 Å². The molecule has 5 rings (SSSR count). The summed E-state index contributed by atoms with van der Waals surface area (Å²) in [5, 5.41) is 0. The van der Waals surface area contributed by atoms with Gasteiger partial charge in [0.1, 0.15) is 0 Å². The van der Waals surface area contributed by atoms with Gasteiger partial charge < -0.3 is 0 Å². The normalized spacial score (nSPS) is 22.3. The summed E-state index contributed by atoms with van der Waals surface area (Å²) in [6.07, 6.45) is 0. The van der Waals surface area contributed by atoms with E-state index in [4.69, 9.17) is 0 Å². The molecule has 26 heavy (non-hydrogen) atoms. The Kier molecular flexibility index (Phi) is 3.08. The maximum Gasteiger partial charge on any atom is 0.259 e. The number of carbonyl (C=O) groups excluding carboxylic acids is 1. The average Bonchev–Trinajstić information content (AvgIpc) is 3.08. The van der Waals surface area contributed by atoms with Crippen LogP contribution in [0.2, 0.25) is 0 Å². The molecule has 3 aromatic carbocycles. The number of benzene rings is 3. The molecule has 0 spiro atoms. The van der Waals surface area contributed by atoms with Gasteiger partial charge in [-0.15, -0.1) is 0 Å². The quantitative estimate of drug-likeness (QED) is 0.545. The second kappa shape index (κ2) is 5.34. The number of rotatable bonds is 0. The van der Waals surface area contributed by atoms with Gasteiger partial charge in [-0.3, -0.25) is 9.69 Å². The van der Waals surface area contributed by atoms with Crippen LogP contribution < -0.4 is 4.90 Å². The number of amides is 1. The Morgan fingerprint density at radius 2 is 1.58 bits per heavy atom. The van der Waals surface area contributed by atoms with Gasteiger partial charge in [-0.2, -0.15) is 0 Å². The number of para-hydroxylation sites is 1. The molecule has 0 saturated carbocycles. The first-order valence-electron chi connectivity index (χ1n) is 8.81. The molecule has 2 nitrogen and oxygen atoms in total. The van der Waals surface area contributed by atoms with Gasteiger partial charge in [-0.05, 0) is 42.3 Å². The summed E-state index contributed by atoms with van der Waals surface area (Å²) < 4.78 is 0. The molecular weight excluding hydrogens is 318 g/mol. The van der Waals surface area contributed by atoms with E-state index in [2.05, 4.69) is 30.9 Å². The van der Waals surface area contributed by atoms with Gasteiger partial charge in [0.25, 0.3) is 5.91 Å². The number of hydrogen-bond acceptors (Lipinski definition) is 1. The van der Waals surface area contributed by atoms with Gasteiger partial charge in [0.15, 0.2) is 0 Å². The molecule has 124 valence electrons. The van der Waals surface area contributed by atoms with Gasteiger partial charge in [-0.1, -0.05) is 66.4 Å². The molecule has 2 heteroatoms. The predicted octanol–water partition coefficient (Wildman–Crippen LogP) is 4.71. The summed E-state index contributed by atoms with van der Waals surface area (Å²) in [6.45, 7) is 2.14. The molecule has 2 heterocycles. The van der Waals surface area contributed by atoms with Crippen molar-refractivity contribution in [3.63, 3.8) is 0 Å². The minimum absolute atomic E-state index is 0.0634. The van der Waals surface area contributed by atoms with E-state index in [1.54, 1.807) is 0 Å². The Hall–Kier alpha value is -3.31. The molecule has 0 aliphatic carbocycles. The zero-order chi connectivity index (χ0) is 17.7. The lowest BCUT2D eigenvalue weighted by Crippen LogP contribution is -2.40. The molecule has 2 aliphatic rings. The maximum absolute atomic E-state index is 13.1. The van der Waals surface area contributed by atoms with E-state index in [1.165, 1.54) is 0 Å². The third-order valence-corrected chi connectivity index (χ3v) is 5.56. The first-order chi connectivity index (χ1) is 12.7. The van der Waals surface area contributed by atoms with Crippen LogP contribution in [0.3, 0.4) is 0 Å². The molecule has 2 atom stereocenters. The third-order valence-electron chi connectivity index (χ3n) is 5.56. The number of carbonyl (C=O) groups is 1. The first-order valence-corrected chi connectivity index (χ1v) is 8.81. The van der Waals surface area contributed by atoms with Gasteiger partial charge in [0, 0.05) is 16.8 Å². The van der Waals surface area contributed by atoms with Crippen molar-refractivity contribution in [2.45, 2.75) is 18.4 Å². The highest BCUT2D eigenvalue weighted by Crippen LogP contribution is 2.57. The van der Waals surface area contributed by atoms with Crippen LogP contribution >= 0.6 is 0 Å². The van der Waals surface area contributed by atoms with Crippen LogP contribution in [-0.2, 0) is 5.54 Å². The van der Waals surface area contributed by atoms with Crippen LogP contribution in [0.15, 0.2) is 78.9 Å². The summed E-state index contributed by atoms with van der Waals surface area (Å²) >= 11 is 0. The zero-order valence-corrected chi connectivity index (χ0v) is 14.4. The summed E-state index contributed by atoms with van der Waals surface area (Å²) in [5.74, 6) is 6.81. The fourth-order valence-electron chi connectivity index (χ4n) is 4.34.